The van der Waals surface area contributed by atoms with Gasteiger partial charge in [0.1, 0.15) is 18.2 Å². The van der Waals surface area contributed by atoms with E-state index in [0.29, 0.717) is 23.9 Å². The molecule has 0 radical (unpaired) electrons. The van der Waals surface area contributed by atoms with E-state index in [-0.39, 0.29) is 24.9 Å². The van der Waals surface area contributed by atoms with Gasteiger partial charge in [-0.05, 0) is 61.4 Å². The van der Waals surface area contributed by atoms with Crippen molar-refractivity contribution in [2.75, 3.05) is 19.8 Å². The minimum atomic E-state index is -0.303. The van der Waals surface area contributed by atoms with Gasteiger partial charge in [0.2, 0.25) is 5.88 Å². The molecule has 1 heterocycles. The average Bonchev–Trinajstić information content (AvgIpc) is 2.73. The predicted octanol–water partition coefficient (Wildman–Crippen LogP) is 3.47. The Morgan fingerprint density at radius 2 is 1.79 bits per heavy atom. The number of hydrogen-bond acceptors (Lipinski definition) is 5. The van der Waals surface area contributed by atoms with Crippen molar-refractivity contribution in [2.45, 2.75) is 13.8 Å². The van der Waals surface area contributed by atoms with Gasteiger partial charge in [0, 0.05) is 11.6 Å². The highest BCUT2D eigenvalue weighted by molar-refractivity contribution is 5.77. The number of amides is 1. The quantitative estimate of drug-likeness (QED) is 0.591. The second kappa shape index (κ2) is 9.64. The summed E-state index contributed by atoms with van der Waals surface area (Å²) in [5.41, 5.74) is 3.52. The molecule has 6 nitrogen and oxygen atoms in total. The zero-order chi connectivity index (χ0) is 20.6. The van der Waals surface area contributed by atoms with Crippen molar-refractivity contribution in [2.24, 2.45) is 0 Å². The SMILES string of the molecule is Cc1cccc(OCC(=O)NCCOc2ccc(-c3ccc(F)cc3)nn2)c1C. The predicted molar refractivity (Wildman–Crippen MR) is 107 cm³/mol. The van der Waals surface area contributed by atoms with Crippen molar-refractivity contribution < 1.29 is 18.7 Å². The van der Waals surface area contributed by atoms with Crippen molar-refractivity contribution in [3.63, 3.8) is 0 Å². The third kappa shape index (κ3) is 5.75. The lowest BCUT2D eigenvalue weighted by Gasteiger charge is -2.11. The van der Waals surface area contributed by atoms with Crippen LogP contribution in [0, 0.1) is 19.7 Å². The van der Waals surface area contributed by atoms with Crippen LogP contribution < -0.4 is 14.8 Å². The van der Waals surface area contributed by atoms with Gasteiger partial charge < -0.3 is 14.8 Å². The zero-order valence-corrected chi connectivity index (χ0v) is 16.3. The highest BCUT2D eigenvalue weighted by atomic mass is 19.1. The number of benzene rings is 2. The summed E-state index contributed by atoms with van der Waals surface area (Å²) in [5, 5.41) is 10.8. The lowest BCUT2D eigenvalue weighted by molar-refractivity contribution is -0.123. The van der Waals surface area contributed by atoms with Gasteiger partial charge in [-0.15, -0.1) is 10.2 Å². The number of rotatable bonds is 8. The summed E-state index contributed by atoms with van der Waals surface area (Å²) in [6.07, 6.45) is 0. The van der Waals surface area contributed by atoms with E-state index in [1.54, 1.807) is 24.3 Å². The van der Waals surface area contributed by atoms with Crippen LogP contribution in [-0.2, 0) is 4.79 Å². The van der Waals surface area contributed by atoms with Crippen molar-refractivity contribution in [1.29, 1.82) is 0 Å². The van der Waals surface area contributed by atoms with Crippen LogP contribution in [0.15, 0.2) is 54.6 Å². The third-order valence-corrected chi connectivity index (χ3v) is 4.37. The van der Waals surface area contributed by atoms with Crippen molar-refractivity contribution in [3.05, 3.63) is 71.5 Å². The molecule has 0 unspecified atom stereocenters. The lowest BCUT2D eigenvalue weighted by atomic mass is 10.1. The largest absolute Gasteiger partial charge is 0.483 e. The monoisotopic (exact) mass is 395 g/mol. The maximum absolute atomic E-state index is 13.0. The van der Waals surface area contributed by atoms with Gasteiger partial charge in [-0.1, -0.05) is 12.1 Å². The van der Waals surface area contributed by atoms with Crippen LogP contribution in [0.4, 0.5) is 4.39 Å². The molecule has 3 rings (SSSR count). The standard InChI is InChI=1S/C22H22FN3O3/c1-15-4-3-5-20(16(15)2)29-14-21(27)24-12-13-28-22-11-10-19(25-26-22)17-6-8-18(23)9-7-17/h3-11H,12-14H2,1-2H3,(H,24,27). The van der Waals surface area contributed by atoms with Crippen molar-refractivity contribution in [1.82, 2.24) is 15.5 Å². The number of nitrogens with one attached hydrogen (secondary N) is 1. The van der Waals surface area contributed by atoms with Crippen LogP contribution in [0.1, 0.15) is 11.1 Å². The van der Waals surface area contributed by atoms with Gasteiger partial charge in [0.15, 0.2) is 6.61 Å². The number of aromatic nitrogens is 2. The molecule has 0 spiro atoms. The van der Waals surface area contributed by atoms with Crippen LogP contribution in [0.3, 0.4) is 0 Å². The molecule has 7 heteroatoms. The summed E-state index contributed by atoms with van der Waals surface area (Å²) < 4.78 is 24.0. The second-order valence-corrected chi connectivity index (χ2v) is 6.45. The molecule has 0 saturated carbocycles. The number of aryl methyl sites for hydroxylation is 1. The summed E-state index contributed by atoms with van der Waals surface area (Å²) in [6, 6.07) is 15.2. The zero-order valence-electron chi connectivity index (χ0n) is 16.3. The Bertz CT molecular complexity index is 960. The Morgan fingerprint density at radius 1 is 1.00 bits per heavy atom. The van der Waals surface area contributed by atoms with Crippen LogP contribution >= 0.6 is 0 Å². The summed E-state index contributed by atoms with van der Waals surface area (Å²) in [6.45, 7) is 4.46. The number of nitrogens with zero attached hydrogens (tertiary/aromatic N) is 2. The molecule has 0 aliphatic heterocycles. The number of hydrogen-bond donors (Lipinski definition) is 1. The van der Waals surface area contributed by atoms with E-state index in [2.05, 4.69) is 15.5 Å². The molecule has 0 atom stereocenters. The smallest absolute Gasteiger partial charge is 0.258 e. The molecule has 0 aliphatic carbocycles. The normalized spacial score (nSPS) is 10.4. The van der Waals surface area contributed by atoms with E-state index in [4.69, 9.17) is 9.47 Å². The van der Waals surface area contributed by atoms with Crippen LogP contribution in [0.5, 0.6) is 11.6 Å². The number of carbonyl (C=O) groups is 1. The third-order valence-electron chi connectivity index (χ3n) is 4.37. The van der Waals surface area contributed by atoms with Gasteiger partial charge >= 0.3 is 0 Å². The molecule has 0 saturated heterocycles. The Kier molecular flexibility index (Phi) is 6.73. The maximum Gasteiger partial charge on any atom is 0.258 e. The van der Waals surface area contributed by atoms with E-state index < -0.39 is 0 Å². The van der Waals surface area contributed by atoms with E-state index in [1.807, 2.05) is 32.0 Å². The molecule has 0 fully saturated rings. The topological polar surface area (TPSA) is 73.3 Å². The Morgan fingerprint density at radius 3 is 2.52 bits per heavy atom. The molecule has 0 aliphatic rings. The van der Waals surface area contributed by atoms with Gasteiger partial charge in [0.25, 0.3) is 5.91 Å². The number of ether oxygens (including phenoxy) is 2. The lowest BCUT2D eigenvalue weighted by Crippen LogP contribution is -2.32. The molecule has 29 heavy (non-hydrogen) atoms. The van der Waals surface area contributed by atoms with Crippen LogP contribution in [0.2, 0.25) is 0 Å². The molecule has 1 N–H and O–H groups in total. The molecule has 2 aromatic carbocycles. The summed E-state index contributed by atoms with van der Waals surface area (Å²) in [5.74, 6) is 0.514. The Hall–Kier alpha value is -3.48. The maximum atomic E-state index is 13.0. The van der Waals surface area contributed by atoms with Crippen LogP contribution in [0.25, 0.3) is 11.3 Å². The second-order valence-electron chi connectivity index (χ2n) is 6.45. The van der Waals surface area contributed by atoms with E-state index >= 15 is 0 Å². The van der Waals surface area contributed by atoms with Crippen molar-refractivity contribution >= 4 is 5.91 Å². The van der Waals surface area contributed by atoms with E-state index in [1.165, 1.54) is 12.1 Å². The highest BCUT2D eigenvalue weighted by Crippen LogP contribution is 2.20. The molecular weight excluding hydrogens is 373 g/mol. The number of carbonyl (C=O) groups excluding carboxylic acids is 1. The first kappa shape index (κ1) is 20.3. The van der Waals surface area contributed by atoms with Gasteiger partial charge in [-0.2, -0.15) is 0 Å². The highest BCUT2D eigenvalue weighted by Gasteiger charge is 2.06. The fourth-order valence-corrected chi connectivity index (χ4v) is 2.59. The first-order chi connectivity index (χ1) is 14.0. The molecule has 1 aromatic heterocycles. The minimum Gasteiger partial charge on any atom is -0.483 e. The summed E-state index contributed by atoms with van der Waals surface area (Å²) in [4.78, 5) is 11.9. The molecule has 1 amide bonds. The van der Waals surface area contributed by atoms with E-state index in [0.717, 1.165) is 16.7 Å². The summed E-state index contributed by atoms with van der Waals surface area (Å²) in [7, 11) is 0. The fourth-order valence-electron chi connectivity index (χ4n) is 2.59. The van der Waals surface area contributed by atoms with Gasteiger partial charge in [-0.25, -0.2) is 4.39 Å². The molecule has 3 aromatic rings. The van der Waals surface area contributed by atoms with Gasteiger partial charge in [-0.3, -0.25) is 4.79 Å². The fraction of sp³-hybridized carbons (Fsp3) is 0.227. The molecule has 0 bridgehead atoms. The first-order valence-corrected chi connectivity index (χ1v) is 9.21. The Labute approximate surface area is 168 Å². The Balaban J connectivity index is 1.39. The van der Waals surface area contributed by atoms with Crippen LogP contribution in [-0.4, -0.2) is 35.9 Å². The van der Waals surface area contributed by atoms with Gasteiger partial charge in [0.05, 0.1) is 12.2 Å². The number of halogens is 1. The first-order valence-electron chi connectivity index (χ1n) is 9.21. The molecule has 150 valence electrons. The van der Waals surface area contributed by atoms with E-state index in [9.17, 15) is 9.18 Å². The average molecular weight is 395 g/mol. The molecular formula is C22H22FN3O3. The minimum absolute atomic E-state index is 0.0591. The van der Waals surface area contributed by atoms with Crippen molar-refractivity contribution in [3.8, 4) is 22.9 Å². The summed E-state index contributed by atoms with van der Waals surface area (Å²) >= 11 is 0.